The number of nitriles is 2. The average molecular weight is 184 g/mol. The third-order valence-electron chi connectivity index (χ3n) is 1.77. The number of rotatable bonds is 1. The van der Waals surface area contributed by atoms with E-state index in [1.807, 2.05) is 12.1 Å². The highest BCUT2D eigenvalue weighted by molar-refractivity contribution is 5.48. The summed E-state index contributed by atoms with van der Waals surface area (Å²) in [6.45, 7) is 0. The van der Waals surface area contributed by atoms with Crippen molar-refractivity contribution in [3.63, 3.8) is 0 Å². The zero-order chi connectivity index (χ0) is 9.97. The second-order valence-electron chi connectivity index (χ2n) is 2.57. The SMILES string of the molecule is N#CC(C#N)c1nccn2cnnc12. The molecular formula is C8H4N6. The minimum atomic E-state index is -0.900. The minimum absolute atomic E-state index is 0.343. The van der Waals surface area contributed by atoms with Gasteiger partial charge in [0.25, 0.3) is 0 Å². The Balaban J connectivity index is 2.69. The van der Waals surface area contributed by atoms with Crippen LogP contribution >= 0.6 is 0 Å². The topological polar surface area (TPSA) is 90.7 Å². The van der Waals surface area contributed by atoms with Gasteiger partial charge in [0.1, 0.15) is 12.0 Å². The van der Waals surface area contributed by atoms with Crippen LogP contribution in [0.15, 0.2) is 18.7 Å². The summed E-state index contributed by atoms with van der Waals surface area (Å²) < 4.78 is 1.62. The fourth-order valence-electron chi connectivity index (χ4n) is 1.13. The molecule has 14 heavy (non-hydrogen) atoms. The van der Waals surface area contributed by atoms with E-state index >= 15 is 0 Å². The van der Waals surface area contributed by atoms with Crippen molar-refractivity contribution in [3.8, 4) is 12.1 Å². The van der Waals surface area contributed by atoms with Crippen molar-refractivity contribution >= 4 is 5.65 Å². The highest BCUT2D eigenvalue weighted by Crippen LogP contribution is 2.14. The van der Waals surface area contributed by atoms with E-state index in [4.69, 9.17) is 10.5 Å². The molecule has 0 aliphatic carbocycles. The maximum atomic E-state index is 8.71. The Morgan fingerprint density at radius 1 is 1.36 bits per heavy atom. The van der Waals surface area contributed by atoms with Crippen LogP contribution in [-0.4, -0.2) is 19.6 Å². The Labute approximate surface area is 79.1 Å². The summed E-state index contributed by atoms with van der Waals surface area (Å²) in [4.78, 5) is 3.95. The van der Waals surface area contributed by atoms with Crippen LogP contribution in [0.3, 0.4) is 0 Å². The smallest absolute Gasteiger partial charge is 0.184 e. The molecule has 0 amide bonds. The lowest BCUT2D eigenvalue weighted by Gasteiger charge is -1.99. The predicted octanol–water partition coefficient (Wildman–Crippen LogP) is 0.255. The first-order valence-corrected chi connectivity index (χ1v) is 3.80. The predicted molar refractivity (Wildman–Crippen MR) is 44.7 cm³/mol. The second-order valence-corrected chi connectivity index (χ2v) is 2.57. The number of hydrogen-bond acceptors (Lipinski definition) is 5. The lowest BCUT2D eigenvalue weighted by molar-refractivity contribution is 0.977. The molecule has 0 unspecified atom stereocenters. The van der Waals surface area contributed by atoms with Gasteiger partial charge in [-0.3, -0.25) is 9.38 Å². The fraction of sp³-hybridized carbons (Fsp3) is 0.125. The van der Waals surface area contributed by atoms with Crippen LogP contribution in [0.1, 0.15) is 11.6 Å². The van der Waals surface area contributed by atoms with Gasteiger partial charge in [-0.25, -0.2) is 0 Å². The molecule has 0 N–H and O–H groups in total. The van der Waals surface area contributed by atoms with Gasteiger partial charge in [-0.2, -0.15) is 10.5 Å². The van der Waals surface area contributed by atoms with Gasteiger partial charge >= 0.3 is 0 Å². The summed E-state index contributed by atoms with van der Waals surface area (Å²) in [5.74, 6) is -0.900. The Morgan fingerprint density at radius 3 is 2.86 bits per heavy atom. The van der Waals surface area contributed by atoms with Gasteiger partial charge in [0, 0.05) is 12.4 Å². The molecule has 2 aromatic rings. The first kappa shape index (κ1) is 8.14. The summed E-state index contributed by atoms with van der Waals surface area (Å²) in [5, 5.41) is 24.9. The molecule has 0 atom stereocenters. The third-order valence-corrected chi connectivity index (χ3v) is 1.77. The molecule has 0 aliphatic rings. The van der Waals surface area contributed by atoms with Gasteiger partial charge in [-0.1, -0.05) is 0 Å². The van der Waals surface area contributed by atoms with Gasteiger partial charge < -0.3 is 0 Å². The first-order chi connectivity index (χ1) is 6.86. The number of hydrogen-bond donors (Lipinski definition) is 0. The van der Waals surface area contributed by atoms with Crippen molar-refractivity contribution in [1.29, 1.82) is 10.5 Å². The highest BCUT2D eigenvalue weighted by Gasteiger charge is 2.15. The summed E-state index contributed by atoms with van der Waals surface area (Å²) in [5.41, 5.74) is 0.788. The summed E-state index contributed by atoms with van der Waals surface area (Å²) >= 11 is 0. The van der Waals surface area contributed by atoms with Crippen molar-refractivity contribution < 1.29 is 0 Å². The Kier molecular flexibility index (Phi) is 1.81. The molecule has 0 fully saturated rings. The Morgan fingerprint density at radius 2 is 2.14 bits per heavy atom. The van der Waals surface area contributed by atoms with Crippen molar-refractivity contribution in [1.82, 2.24) is 19.6 Å². The van der Waals surface area contributed by atoms with E-state index in [1.165, 1.54) is 12.5 Å². The molecule has 0 aliphatic heterocycles. The van der Waals surface area contributed by atoms with Crippen LogP contribution < -0.4 is 0 Å². The van der Waals surface area contributed by atoms with Crippen molar-refractivity contribution in [2.75, 3.05) is 0 Å². The summed E-state index contributed by atoms with van der Waals surface area (Å²) in [7, 11) is 0. The third kappa shape index (κ3) is 1.06. The van der Waals surface area contributed by atoms with Crippen LogP contribution in [-0.2, 0) is 0 Å². The van der Waals surface area contributed by atoms with Gasteiger partial charge in [0.15, 0.2) is 11.6 Å². The van der Waals surface area contributed by atoms with Crippen LogP contribution in [0.25, 0.3) is 5.65 Å². The molecule has 0 bridgehead atoms. The Hall–Kier alpha value is -2.47. The molecule has 66 valence electrons. The quantitative estimate of drug-likeness (QED) is 0.633. The Bertz CT molecular complexity index is 529. The van der Waals surface area contributed by atoms with Crippen LogP contribution in [0.5, 0.6) is 0 Å². The van der Waals surface area contributed by atoms with E-state index in [0.717, 1.165) is 0 Å². The second kappa shape index (κ2) is 3.11. The molecule has 0 saturated heterocycles. The lowest BCUT2D eigenvalue weighted by Crippen LogP contribution is -2.00. The van der Waals surface area contributed by atoms with E-state index in [-0.39, 0.29) is 0 Å². The monoisotopic (exact) mass is 184 g/mol. The molecule has 0 aromatic carbocycles. The summed E-state index contributed by atoms with van der Waals surface area (Å²) in [6.07, 6.45) is 4.66. The lowest BCUT2D eigenvalue weighted by atomic mass is 10.1. The average Bonchev–Trinajstić information content (AvgIpc) is 2.68. The molecular weight excluding hydrogens is 180 g/mol. The van der Waals surface area contributed by atoms with E-state index in [9.17, 15) is 0 Å². The fourth-order valence-corrected chi connectivity index (χ4v) is 1.13. The zero-order valence-electron chi connectivity index (χ0n) is 6.99. The number of fused-ring (bicyclic) bond motifs is 1. The number of nitrogens with zero attached hydrogens (tertiary/aromatic N) is 6. The molecule has 6 heteroatoms. The van der Waals surface area contributed by atoms with Crippen LogP contribution in [0.2, 0.25) is 0 Å². The highest BCUT2D eigenvalue weighted by atomic mass is 15.2. The zero-order valence-corrected chi connectivity index (χ0v) is 6.99. The standard InChI is InChI=1S/C8H4N6/c9-3-6(4-10)7-8-13-12-5-14(8)2-1-11-7/h1-2,5-6H. The van der Waals surface area contributed by atoms with Crippen molar-refractivity contribution in [3.05, 3.63) is 24.4 Å². The largest absolute Gasteiger partial charge is 0.286 e. The molecule has 2 heterocycles. The summed E-state index contributed by atoms with van der Waals surface area (Å²) in [6, 6.07) is 3.69. The maximum Gasteiger partial charge on any atom is 0.184 e. The van der Waals surface area contributed by atoms with Gasteiger partial charge in [-0.05, 0) is 0 Å². The maximum absolute atomic E-state index is 8.71. The van der Waals surface area contributed by atoms with Gasteiger partial charge in [-0.15, -0.1) is 10.2 Å². The number of aromatic nitrogens is 4. The van der Waals surface area contributed by atoms with Crippen LogP contribution in [0, 0.1) is 22.7 Å². The molecule has 2 aromatic heterocycles. The molecule has 6 nitrogen and oxygen atoms in total. The van der Waals surface area contributed by atoms with E-state index in [2.05, 4.69) is 15.2 Å². The van der Waals surface area contributed by atoms with Gasteiger partial charge in [0.2, 0.25) is 0 Å². The first-order valence-electron chi connectivity index (χ1n) is 3.80. The minimum Gasteiger partial charge on any atom is -0.286 e. The van der Waals surface area contributed by atoms with Gasteiger partial charge in [0.05, 0.1) is 12.1 Å². The molecule has 0 saturated carbocycles. The van der Waals surface area contributed by atoms with Crippen molar-refractivity contribution in [2.45, 2.75) is 5.92 Å². The molecule has 0 spiro atoms. The molecule has 0 radical (unpaired) electrons. The molecule has 2 rings (SSSR count). The normalized spacial score (nSPS) is 9.93. The van der Waals surface area contributed by atoms with Crippen LogP contribution in [0.4, 0.5) is 0 Å². The van der Waals surface area contributed by atoms with E-state index < -0.39 is 5.92 Å². The van der Waals surface area contributed by atoms with E-state index in [0.29, 0.717) is 11.3 Å². The van der Waals surface area contributed by atoms with E-state index in [1.54, 1.807) is 10.6 Å². The van der Waals surface area contributed by atoms with Crippen molar-refractivity contribution in [2.24, 2.45) is 0 Å².